The number of hydrogen-bond acceptors (Lipinski definition) is 5. The van der Waals surface area contributed by atoms with Gasteiger partial charge in [-0.15, -0.1) is 0 Å². The van der Waals surface area contributed by atoms with E-state index < -0.39 is 0 Å². The zero-order valence-corrected chi connectivity index (χ0v) is 14.1. The molecule has 0 spiro atoms. The van der Waals surface area contributed by atoms with Crippen molar-refractivity contribution >= 4 is 33.5 Å². The van der Waals surface area contributed by atoms with Crippen molar-refractivity contribution in [3.05, 3.63) is 46.7 Å². The molecule has 0 radical (unpaired) electrons. The molecule has 0 saturated carbocycles. The summed E-state index contributed by atoms with van der Waals surface area (Å²) in [6.07, 6.45) is 1.56. The molecule has 1 aromatic carbocycles. The number of likely N-dealkylation sites (N-methyl/N-ethyl adjacent to an activating group) is 1. The van der Waals surface area contributed by atoms with Crippen LogP contribution in [0.1, 0.15) is 10.5 Å². The Hall–Kier alpha value is -1.99. The second kappa shape index (κ2) is 7.86. The number of halogens is 1. The fourth-order valence-corrected chi connectivity index (χ4v) is 2.12. The van der Waals surface area contributed by atoms with E-state index in [-0.39, 0.29) is 5.91 Å². The normalized spacial score (nSPS) is 10.5. The van der Waals surface area contributed by atoms with Crippen molar-refractivity contribution in [1.82, 2.24) is 20.2 Å². The van der Waals surface area contributed by atoms with Crippen molar-refractivity contribution < 1.29 is 4.79 Å². The summed E-state index contributed by atoms with van der Waals surface area (Å²) in [5.74, 6) is 0.180. The third kappa shape index (κ3) is 5.09. The topological polar surface area (TPSA) is 70.2 Å². The second-order valence-corrected chi connectivity index (χ2v) is 5.88. The Morgan fingerprint density at radius 2 is 2.14 bits per heavy atom. The molecular weight excluding hydrogens is 346 g/mol. The molecule has 7 heteroatoms. The van der Waals surface area contributed by atoms with Crippen LogP contribution in [-0.2, 0) is 0 Å². The van der Waals surface area contributed by atoms with Gasteiger partial charge in [-0.3, -0.25) is 4.79 Å². The van der Waals surface area contributed by atoms with Gasteiger partial charge >= 0.3 is 0 Å². The Labute approximate surface area is 138 Å². The first-order valence-corrected chi connectivity index (χ1v) is 7.62. The minimum Gasteiger partial charge on any atom is -0.349 e. The quantitative estimate of drug-likeness (QED) is 0.823. The summed E-state index contributed by atoms with van der Waals surface area (Å²) in [4.78, 5) is 22.4. The molecular formula is C15H18BrN5O. The van der Waals surface area contributed by atoms with Gasteiger partial charge < -0.3 is 15.5 Å². The predicted octanol–water partition coefficient (Wildman–Crippen LogP) is 2.27. The number of aromatic nitrogens is 2. The highest BCUT2D eigenvalue weighted by Crippen LogP contribution is 2.18. The highest BCUT2D eigenvalue weighted by atomic mass is 79.9. The maximum atomic E-state index is 12.0. The number of carbonyl (C=O) groups excluding carboxylic acids is 1. The Balaban J connectivity index is 2.01. The van der Waals surface area contributed by atoms with Gasteiger partial charge in [0.25, 0.3) is 5.91 Å². The van der Waals surface area contributed by atoms with Crippen molar-refractivity contribution in [3.63, 3.8) is 0 Å². The molecule has 0 aliphatic heterocycles. The molecule has 0 aliphatic carbocycles. The summed E-state index contributed by atoms with van der Waals surface area (Å²) in [6, 6.07) is 9.24. The number of nitrogens with zero attached hydrogens (tertiary/aromatic N) is 3. The van der Waals surface area contributed by atoms with Crippen LogP contribution in [0, 0.1) is 0 Å². The van der Waals surface area contributed by atoms with Crippen LogP contribution in [0.25, 0.3) is 0 Å². The smallest absolute Gasteiger partial charge is 0.270 e. The van der Waals surface area contributed by atoms with Crippen molar-refractivity contribution in [3.8, 4) is 0 Å². The summed E-state index contributed by atoms with van der Waals surface area (Å²) in [7, 11) is 3.91. The summed E-state index contributed by atoms with van der Waals surface area (Å²) in [5, 5.41) is 5.90. The van der Waals surface area contributed by atoms with E-state index in [2.05, 4.69) is 36.5 Å². The summed E-state index contributed by atoms with van der Waals surface area (Å²) in [5.41, 5.74) is 1.19. The van der Waals surface area contributed by atoms with Gasteiger partial charge in [0.05, 0.1) is 0 Å². The number of anilines is 2. The van der Waals surface area contributed by atoms with Crippen LogP contribution in [-0.4, -0.2) is 48.0 Å². The minimum atomic E-state index is -0.207. The van der Waals surface area contributed by atoms with E-state index in [0.717, 1.165) is 16.7 Å². The van der Waals surface area contributed by atoms with Crippen LogP contribution in [0.2, 0.25) is 0 Å². The molecule has 2 rings (SSSR count). The van der Waals surface area contributed by atoms with E-state index in [1.165, 1.54) is 0 Å². The maximum absolute atomic E-state index is 12.0. The van der Waals surface area contributed by atoms with E-state index in [4.69, 9.17) is 0 Å². The fourth-order valence-electron chi connectivity index (χ4n) is 1.72. The molecule has 22 heavy (non-hydrogen) atoms. The molecule has 0 atom stereocenters. The SMILES string of the molecule is CN(C)CCNC(=O)c1ccnc(Nc2cccc(Br)c2)n1. The average Bonchev–Trinajstić information content (AvgIpc) is 2.47. The first kappa shape index (κ1) is 16.4. The lowest BCUT2D eigenvalue weighted by molar-refractivity contribution is 0.0946. The molecule has 116 valence electrons. The highest BCUT2D eigenvalue weighted by Gasteiger charge is 2.08. The minimum absolute atomic E-state index is 0.207. The van der Waals surface area contributed by atoms with Crippen molar-refractivity contribution in [2.45, 2.75) is 0 Å². The Kier molecular flexibility index (Phi) is 5.85. The van der Waals surface area contributed by atoms with Gasteiger partial charge in [0, 0.05) is 29.4 Å². The molecule has 0 fully saturated rings. The van der Waals surface area contributed by atoms with E-state index in [9.17, 15) is 4.79 Å². The first-order valence-electron chi connectivity index (χ1n) is 6.83. The van der Waals surface area contributed by atoms with Gasteiger partial charge in [-0.25, -0.2) is 9.97 Å². The second-order valence-electron chi connectivity index (χ2n) is 4.96. The Morgan fingerprint density at radius 3 is 2.86 bits per heavy atom. The van der Waals surface area contributed by atoms with Gasteiger partial charge in [0.2, 0.25) is 5.95 Å². The lowest BCUT2D eigenvalue weighted by atomic mass is 10.3. The lowest BCUT2D eigenvalue weighted by Gasteiger charge is -2.10. The maximum Gasteiger partial charge on any atom is 0.270 e. The van der Waals surface area contributed by atoms with Crippen molar-refractivity contribution in [1.29, 1.82) is 0 Å². The Morgan fingerprint density at radius 1 is 1.32 bits per heavy atom. The number of benzene rings is 1. The molecule has 2 aromatic rings. The molecule has 0 bridgehead atoms. The van der Waals surface area contributed by atoms with Gasteiger partial charge in [-0.05, 0) is 38.4 Å². The van der Waals surface area contributed by atoms with E-state index in [0.29, 0.717) is 18.2 Å². The zero-order chi connectivity index (χ0) is 15.9. The van der Waals surface area contributed by atoms with Gasteiger partial charge in [0.15, 0.2) is 0 Å². The number of nitrogens with one attached hydrogen (secondary N) is 2. The van der Waals surface area contributed by atoms with E-state index >= 15 is 0 Å². The standard InChI is InChI=1S/C15H18BrN5O/c1-21(2)9-8-17-14(22)13-6-7-18-15(20-13)19-12-5-3-4-11(16)10-12/h3-7,10H,8-9H2,1-2H3,(H,17,22)(H,18,19,20). The number of carbonyl (C=O) groups is 1. The van der Waals surface area contributed by atoms with Crippen molar-refractivity contribution in [2.24, 2.45) is 0 Å². The van der Waals surface area contributed by atoms with Crippen LogP contribution in [0.3, 0.4) is 0 Å². The number of rotatable bonds is 6. The zero-order valence-electron chi connectivity index (χ0n) is 12.5. The summed E-state index contributed by atoms with van der Waals surface area (Å²) < 4.78 is 0.954. The molecule has 1 amide bonds. The molecule has 1 heterocycles. The molecule has 1 aromatic heterocycles. The first-order chi connectivity index (χ1) is 10.5. The fraction of sp³-hybridized carbons (Fsp3) is 0.267. The van der Waals surface area contributed by atoms with Gasteiger partial charge in [-0.1, -0.05) is 22.0 Å². The highest BCUT2D eigenvalue weighted by molar-refractivity contribution is 9.10. The third-order valence-electron chi connectivity index (χ3n) is 2.81. The molecule has 0 unspecified atom stereocenters. The summed E-state index contributed by atoms with van der Waals surface area (Å²) in [6.45, 7) is 1.35. The lowest BCUT2D eigenvalue weighted by Crippen LogP contribution is -2.31. The largest absolute Gasteiger partial charge is 0.349 e. The van der Waals surface area contributed by atoms with Crippen molar-refractivity contribution in [2.75, 3.05) is 32.5 Å². The summed E-state index contributed by atoms with van der Waals surface area (Å²) >= 11 is 3.40. The van der Waals surface area contributed by atoms with E-state index in [1.54, 1.807) is 12.3 Å². The molecule has 6 nitrogen and oxygen atoms in total. The van der Waals surface area contributed by atoms with Crippen LogP contribution in [0.15, 0.2) is 41.0 Å². The third-order valence-corrected chi connectivity index (χ3v) is 3.31. The van der Waals surface area contributed by atoms with Crippen LogP contribution in [0.4, 0.5) is 11.6 Å². The number of amides is 1. The van der Waals surface area contributed by atoms with Gasteiger partial charge in [-0.2, -0.15) is 0 Å². The van der Waals surface area contributed by atoms with Crippen LogP contribution in [0.5, 0.6) is 0 Å². The van der Waals surface area contributed by atoms with Crippen LogP contribution < -0.4 is 10.6 Å². The Bertz CT molecular complexity index is 647. The molecule has 2 N–H and O–H groups in total. The van der Waals surface area contributed by atoms with Gasteiger partial charge in [0.1, 0.15) is 5.69 Å². The monoisotopic (exact) mass is 363 g/mol. The predicted molar refractivity (Wildman–Crippen MR) is 90.3 cm³/mol. The molecule has 0 aliphatic rings. The molecule has 0 saturated heterocycles. The van der Waals surface area contributed by atoms with Crippen LogP contribution >= 0.6 is 15.9 Å². The van der Waals surface area contributed by atoms with E-state index in [1.807, 2.05) is 43.3 Å². The average molecular weight is 364 g/mol. The number of hydrogen-bond donors (Lipinski definition) is 2.